The summed E-state index contributed by atoms with van der Waals surface area (Å²) in [6.45, 7) is 6.04. The van der Waals surface area contributed by atoms with E-state index in [0.717, 1.165) is 44.4 Å². The number of aryl methyl sites for hydroxylation is 2. The number of hydrogen-bond donors (Lipinski definition) is 2. The minimum Gasteiger partial charge on any atom is -0.399 e. The number of fused-ring (bicyclic) bond motifs is 2. The minimum absolute atomic E-state index is 0.690. The zero-order chi connectivity index (χ0) is 13.7. The molecule has 4 N–H and O–H groups in total. The van der Waals surface area contributed by atoms with Gasteiger partial charge in [0.2, 0.25) is 0 Å². The highest BCUT2D eigenvalue weighted by molar-refractivity contribution is 5.94. The van der Waals surface area contributed by atoms with Crippen LogP contribution in [-0.2, 0) is 0 Å². The molecule has 0 atom stereocenters. The van der Waals surface area contributed by atoms with Crippen molar-refractivity contribution in [2.24, 2.45) is 0 Å². The maximum atomic E-state index is 6.13. The average Bonchev–Trinajstić information content (AvgIpc) is 2.41. The predicted octanol–water partition coefficient (Wildman–Crippen LogP) is 2.87. The van der Waals surface area contributed by atoms with Crippen LogP contribution in [0.1, 0.15) is 16.7 Å². The van der Waals surface area contributed by atoms with Gasteiger partial charge in [-0.15, -0.1) is 0 Å². The topological polar surface area (TPSA) is 77.8 Å². The Morgan fingerprint density at radius 3 is 2.16 bits per heavy atom. The molecule has 0 aliphatic rings. The van der Waals surface area contributed by atoms with Crippen molar-refractivity contribution in [2.75, 3.05) is 11.5 Å². The lowest BCUT2D eigenvalue weighted by atomic mass is 10.0. The molecule has 3 aromatic rings. The summed E-state index contributed by atoms with van der Waals surface area (Å²) in [7, 11) is 0. The Morgan fingerprint density at radius 2 is 1.42 bits per heavy atom. The van der Waals surface area contributed by atoms with Gasteiger partial charge in [0.25, 0.3) is 0 Å². The van der Waals surface area contributed by atoms with Crippen LogP contribution in [0.4, 0.5) is 11.4 Å². The van der Waals surface area contributed by atoms with E-state index in [1.807, 2.05) is 39.0 Å². The van der Waals surface area contributed by atoms with Gasteiger partial charge in [-0.3, -0.25) is 0 Å². The summed E-state index contributed by atoms with van der Waals surface area (Å²) >= 11 is 0. The van der Waals surface area contributed by atoms with Crippen molar-refractivity contribution in [3.05, 3.63) is 34.9 Å². The maximum Gasteiger partial charge on any atom is 0.0947 e. The SMILES string of the molecule is Cc1c(N)c(C)c2nc3cc(N)ccc3nc2c1C. The Bertz CT molecular complexity index is 822. The van der Waals surface area contributed by atoms with Crippen LogP contribution in [0.15, 0.2) is 18.2 Å². The normalized spacial score (nSPS) is 11.3. The Hall–Kier alpha value is -2.36. The van der Waals surface area contributed by atoms with Gasteiger partial charge >= 0.3 is 0 Å². The first-order valence-electron chi connectivity index (χ1n) is 6.21. The lowest BCUT2D eigenvalue weighted by molar-refractivity contribution is 1.28. The number of anilines is 2. The van der Waals surface area contributed by atoms with Crippen molar-refractivity contribution in [1.82, 2.24) is 9.97 Å². The summed E-state index contributed by atoms with van der Waals surface area (Å²) in [6.07, 6.45) is 0. The Labute approximate surface area is 111 Å². The first-order chi connectivity index (χ1) is 8.99. The Kier molecular flexibility index (Phi) is 2.35. The molecule has 0 spiro atoms. The molecule has 2 aromatic carbocycles. The van der Waals surface area contributed by atoms with E-state index in [9.17, 15) is 0 Å². The lowest BCUT2D eigenvalue weighted by Crippen LogP contribution is -2.01. The monoisotopic (exact) mass is 252 g/mol. The van der Waals surface area contributed by atoms with E-state index in [4.69, 9.17) is 16.5 Å². The number of nitrogens with zero attached hydrogens (tertiary/aromatic N) is 2. The molecular weight excluding hydrogens is 236 g/mol. The summed E-state index contributed by atoms with van der Waals surface area (Å²) in [4.78, 5) is 9.39. The number of rotatable bonds is 0. The van der Waals surface area contributed by atoms with Gasteiger partial charge in [-0.05, 0) is 50.1 Å². The quantitative estimate of drug-likeness (QED) is 0.476. The first-order valence-corrected chi connectivity index (χ1v) is 6.21. The number of hydrogen-bond acceptors (Lipinski definition) is 4. The van der Waals surface area contributed by atoms with E-state index in [0.29, 0.717) is 5.69 Å². The van der Waals surface area contributed by atoms with Crippen molar-refractivity contribution in [1.29, 1.82) is 0 Å². The minimum atomic E-state index is 0.690. The molecule has 1 heterocycles. The smallest absolute Gasteiger partial charge is 0.0947 e. The largest absolute Gasteiger partial charge is 0.399 e. The Balaban J connectivity index is 2.55. The molecule has 0 amide bonds. The van der Waals surface area contributed by atoms with Gasteiger partial charge in [0.05, 0.1) is 22.1 Å². The van der Waals surface area contributed by atoms with Gasteiger partial charge in [0.1, 0.15) is 0 Å². The van der Waals surface area contributed by atoms with Gasteiger partial charge < -0.3 is 11.5 Å². The maximum absolute atomic E-state index is 6.13. The van der Waals surface area contributed by atoms with Crippen LogP contribution in [-0.4, -0.2) is 9.97 Å². The van der Waals surface area contributed by atoms with Crippen LogP contribution in [0.5, 0.6) is 0 Å². The number of nitrogens with two attached hydrogens (primary N) is 2. The molecule has 4 heteroatoms. The molecule has 0 bridgehead atoms. The van der Waals surface area contributed by atoms with Gasteiger partial charge in [0.15, 0.2) is 0 Å². The summed E-state index contributed by atoms with van der Waals surface area (Å²) in [5.41, 5.74) is 20.0. The zero-order valence-electron chi connectivity index (χ0n) is 11.3. The lowest BCUT2D eigenvalue weighted by Gasteiger charge is -2.13. The van der Waals surface area contributed by atoms with Crippen molar-refractivity contribution in [3.63, 3.8) is 0 Å². The molecule has 0 aliphatic carbocycles. The number of aromatic nitrogens is 2. The van der Waals surface area contributed by atoms with Crippen LogP contribution in [0, 0.1) is 20.8 Å². The fourth-order valence-electron chi connectivity index (χ4n) is 2.38. The van der Waals surface area contributed by atoms with E-state index < -0.39 is 0 Å². The van der Waals surface area contributed by atoms with E-state index in [1.165, 1.54) is 0 Å². The van der Waals surface area contributed by atoms with Crippen molar-refractivity contribution in [2.45, 2.75) is 20.8 Å². The molecule has 0 saturated carbocycles. The second kappa shape index (κ2) is 3.82. The molecule has 1 aromatic heterocycles. The molecule has 0 radical (unpaired) electrons. The third-order valence-electron chi connectivity index (χ3n) is 3.77. The molecule has 0 aliphatic heterocycles. The summed E-state index contributed by atoms with van der Waals surface area (Å²) < 4.78 is 0. The van der Waals surface area contributed by atoms with E-state index in [1.54, 1.807) is 0 Å². The second-order valence-electron chi connectivity index (χ2n) is 4.96. The fourth-order valence-corrected chi connectivity index (χ4v) is 2.38. The second-order valence-corrected chi connectivity index (χ2v) is 4.96. The van der Waals surface area contributed by atoms with Crippen LogP contribution < -0.4 is 11.5 Å². The van der Waals surface area contributed by atoms with Crippen molar-refractivity contribution < 1.29 is 0 Å². The summed E-state index contributed by atoms with van der Waals surface area (Å²) in [5.74, 6) is 0. The molecule has 96 valence electrons. The summed E-state index contributed by atoms with van der Waals surface area (Å²) in [5, 5.41) is 0. The van der Waals surface area contributed by atoms with Gasteiger partial charge in [-0.25, -0.2) is 9.97 Å². The first kappa shape index (κ1) is 11.7. The molecule has 0 fully saturated rings. The zero-order valence-corrected chi connectivity index (χ0v) is 11.3. The van der Waals surface area contributed by atoms with E-state index in [-0.39, 0.29) is 0 Å². The number of benzene rings is 2. The van der Waals surface area contributed by atoms with Crippen molar-refractivity contribution in [3.8, 4) is 0 Å². The molecule has 3 rings (SSSR count). The Morgan fingerprint density at radius 1 is 0.789 bits per heavy atom. The molecule has 4 nitrogen and oxygen atoms in total. The molecule has 0 unspecified atom stereocenters. The average molecular weight is 252 g/mol. The fraction of sp³-hybridized carbons (Fsp3) is 0.200. The highest BCUT2D eigenvalue weighted by Crippen LogP contribution is 2.30. The standard InChI is InChI=1S/C15H16N4/c1-7-8(2)14-15(9(3)13(7)17)19-12-6-10(16)4-5-11(12)18-14/h4-6H,16-17H2,1-3H3. The van der Waals surface area contributed by atoms with Gasteiger partial charge in [-0.2, -0.15) is 0 Å². The number of nitrogen functional groups attached to an aromatic ring is 2. The predicted molar refractivity (Wildman–Crippen MR) is 80.1 cm³/mol. The molecular formula is C15H16N4. The van der Waals surface area contributed by atoms with Gasteiger partial charge in [-0.1, -0.05) is 0 Å². The van der Waals surface area contributed by atoms with E-state index in [2.05, 4.69) is 4.98 Å². The van der Waals surface area contributed by atoms with Crippen LogP contribution in [0.25, 0.3) is 22.1 Å². The summed E-state index contributed by atoms with van der Waals surface area (Å²) in [6, 6.07) is 5.58. The third kappa shape index (κ3) is 1.60. The van der Waals surface area contributed by atoms with Crippen LogP contribution in [0.3, 0.4) is 0 Å². The van der Waals surface area contributed by atoms with Crippen LogP contribution >= 0.6 is 0 Å². The van der Waals surface area contributed by atoms with Crippen molar-refractivity contribution >= 4 is 33.4 Å². The van der Waals surface area contributed by atoms with Crippen LogP contribution in [0.2, 0.25) is 0 Å². The van der Waals surface area contributed by atoms with E-state index >= 15 is 0 Å². The molecule has 19 heavy (non-hydrogen) atoms. The third-order valence-corrected chi connectivity index (χ3v) is 3.77. The highest BCUT2D eigenvalue weighted by atomic mass is 14.8. The molecule has 0 saturated heterocycles. The van der Waals surface area contributed by atoms with Gasteiger partial charge in [0, 0.05) is 16.9 Å². The highest BCUT2D eigenvalue weighted by Gasteiger charge is 2.13.